The molecule has 3 heteroatoms. The highest BCUT2D eigenvalue weighted by Gasteiger charge is 2.26. The van der Waals surface area contributed by atoms with E-state index in [4.69, 9.17) is 0 Å². The highest BCUT2D eigenvalue weighted by atomic mass is 16.2. The molecule has 1 unspecified atom stereocenters. The molecule has 0 radical (unpaired) electrons. The first kappa shape index (κ1) is 8.24. The third-order valence-electron chi connectivity index (χ3n) is 1.93. The summed E-state index contributed by atoms with van der Waals surface area (Å²) in [6.45, 7) is 2.53. The predicted octanol–water partition coefficient (Wildman–Crippen LogP) is 0.492. The second kappa shape index (κ2) is 3.51. The van der Waals surface area contributed by atoms with Crippen LogP contribution in [0.3, 0.4) is 0 Å². The molecule has 3 nitrogen and oxygen atoms in total. The third kappa shape index (κ3) is 2.03. The first-order valence-corrected chi connectivity index (χ1v) is 4.03. The summed E-state index contributed by atoms with van der Waals surface area (Å²) in [5.74, 6) is 0.202. The fourth-order valence-electron chi connectivity index (χ4n) is 1.28. The Morgan fingerprint density at radius 2 is 2.45 bits per heavy atom. The van der Waals surface area contributed by atoms with E-state index in [1.807, 2.05) is 6.92 Å². The summed E-state index contributed by atoms with van der Waals surface area (Å²) in [6.07, 6.45) is 1.89. The lowest BCUT2D eigenvalue weighted by atomic mass is 10.00. The maximum atomic E-state index is 11.2. The number of hydrogen-bond acceptors (Lipinski definition) is 2. The largest absolute Gasteiger partial charge is 0.355 e. The number of nitrogens with one attached hydrogen (secondary N) is 1. The van der Waals surface area contributed by atoms with Gasteiger partial charge in [0.1, 0.15) is 5.78 Å². The quantitative estimate of drug-likeness (QED) is 0.644. The van der Waals surface area contributed by atoms with Crippen LogP contribution in [0.1, 0.15) is 26.2 Å². The molecule has 1 saturated heterocycles. The van der Waals surface area contributed by atoms with Crippen LogP contribution in [0.15, 0.2) is 0 Å². The van der Waals surface area contributed by atoms with Gasteiger partial charge in [-0.15, -0.1) is 0 Å². The average molecular weight is 155 g/mol. The molecule has 1 N–H and O–H groups in total. The van der Waals surface area contributed by atoms with Gasteiger partial charge in [0.2, 0.25) is 5.91 Å². The number of carbonyl (C=O) groups is 2. The zero-order chi connectivity index (χ0) is 8.27. The van der Waals surface area contributed by atoms with Gasteiger partial charge >= 0.3 is 0 Å². The molecule has 1 fully saturated rings. The monoisotopic (exact) mass is 155 g/mol. The van der Waals surface area contributed by atoms with Gasteiger partial charge in [-0.3, -0.25) is 9.59 Å². The van der Waals surface area contributed by atoms with E-state index >= 15 is 0 Å². The van der Waals surface area contributed by atoms with Crippen molar-refractivity contribution in [2.75, 3.05) is 6.54 Å². The van der Waals surface area contributed by atoms with Gasteiger partial charge < -0.3 is 5.32 Å². The molecule has 1 atom stereocenters. The molecule has 1 amide bonds. The molecule has 0 spiro atoms. The number of Topliss-reactive ketones (excluding diaryl/α,β-unsaturated/α-hetero) is 1. The number of carbonyl (C=O) groups excluding carboxylic acids is 2. The van der Waals surface area contributed by atoms with Crippen molar-refractivity contribution in [1.82, 2.24) is 5.32 Å². The summed E-state index contributed by atoms with van der Waals surface area (Å²) >= 11 is 0. The van der Waals surface area contributed by atoms with Crippen molar-refractivity contribution < 1.29 is 9.59 Å². The Kier molecular flexibility index (Phi) is 2.63. The summed E-state index contributed by atoms with van der Waals surface area (Å²) in [6, 6.07) is 0. The smallest absolute Gasteiger partial charge is 0.220 e. The van der Waals surface area contributed by atoms with Crippen LogP contribution in [0, 0.1) is 5.92 Å². The van der Waals surface area contributed by atoms with Gasteiger partial charge in [-0.05, 0) is 6.42 Å². The fraction of sp³-hybridized carbons (Fsp3) is 0.750. The summed E-state index contributed by atoms with van der Waals surface area (Å²) in [7, 11) is 0. The second-order valence-electron chi connectivity index (χ2n) is 2.92. The Balaban J connectivity index is 2.37. The van der Waals surface area contributed by atoms with Gasteiger partial charge in [-0.2, -0.15) is 0 Å². The third-order valence-corrected chi connectivity index (χ3v) is 1.93. The van der Waals surface area contributed by atoms with Crippen LogP contribution in [0.2, 0.25) is 0 Å². The van der Waals surface area contributed by atoms with Crippen molar-refractivity contribution in [2.45, 2.75) is 26.2 Å². The minimum atomic E-state index is -0.0394. The Hall–Kier alpha value is -0.860. The summed E-state index contributed by atoms with van der Waals surface area (Å²) in [5.41, 5.74) is 0. The van der Waals surface area contributed by atoms with Crippen molar-refractivity contribution in [3.05, 3.63) is 0 Å². The van der Waals surface area contributed by atoms with E-state index in [1.54, 1.807) is 0 Å². The second-order valence-corrected chi connectivity index (χ2v) is 2.92. The molecular weight excluding hydrogens is 142 g/mol. The highest BCUT2D eigenvalue weighted by Crippen LogP contribution is 2.12. The molecule has 0 aromatic rings. The molecular formula is C8H13NO2. The molecule has 0 saturated carbocycles. The molecule has 1 heterocycles. The van der Waals surface area contributed by atoms with Gasteiger partial charge in [-0.25, -0.2) is 0 Å². The van der Waals surface area contributed by atoms with E-state index in [-0.39, 0.29) is 17.6 Å². The molecule has 0 aromatic heterocycles. The maximum absolute atomic E-state index is 11.2. The van der Waals surface area contributed by atoms with Crippen LogP contribution >= 0.6 is 0 Å². The fourth-order valence-corrected chi connectivity index (χ4v) is 1.28. The molecule has 0 aromatic carbocycles. The Bertz CT molecular complexity index is 177. The standard InChI is InChI=1S/C8H13NO2/c1-2-3-7(10)6-4-8(11)9-5-6/h6H,2-5H2,1H3,(H,9,11). The summed E-state index contributed by atoms with van der Waals surface area (Å²) < 4.78 is 0. The van der Waals surface area contributed by atoms with Crippen molar-refractivity contribution in [3.63, 3.8) is 0 Å². The average Bonchev–Trinajstić information content (AvgIpc) is 2.36. The summed E-state index contributed by atoms with van der Waals surface area (Å²) in [5, 5.41) is 2.65. The van der Waals surface area contributed by atoms with E-state index in [1.165, 1.54) is 0 Å². The topological polar surface area (TPSA) is 46.2 Å². The minimum absolute atomic E-state index is 0.0134. The number of ketones is 1. The van der Waals surface area contributed by atoms with Crippen LogP contribution < -0.4 is 5.32 Å². The Morgan fingerprint density at radius 1 is 1.73 bits per heavy atom. The summed E-state index contributed by atoms with van der Waals surface area (Å²) in [4.78, 5) is 21.9. The van der Waals surface area contributed by atoms with E-state index < -0.39 is 0 Å². The van der Waals surface area contributed by atoms with Crippen LogP contribution in [-0.2, 0) is 9.59 Å². The zero-order valence-corrected chi connectivity index (χ0v) is 6.72. The highest BCUT2D eigenvalue weighted by molar-refractivity contribution is 5.90. The molecule has 1 rings (SSSR count). The van der Waals surface area contributed by atoms with Crippen LogP contribution in [-0.4, -0.2) is 18.2 Å². The van der Waals surface area contributed by atoms with Crippen molar-refractivity contribution in [3.8, 4) is 0 Å². The predicted molar refractivity (Wildman–Crippen MR) is 41.0 cm³/mol. The van der Waals surface area contributed by atoms with Crippen molar-refractivity contribution >= 4 is 11.7 Å². The van der Waals surface area contributed by atoms with Gasteiger partial charge in [0.05, 0.1) is 0 Å². The lowest BCUT2D eigenvalue weighted by molar-refractivity contribution is -0.124. The molecule has 1 aliphatic heterocycles. The lowest BCUT2D eigenvalue weighted by Crippen LogP contribution is -2.17. The zero-order valence-electron chi connectivity index (χ0n) is 6.72. The Labute approximate surface area is 66.2 Å². The molecule has 62 valence electrons. The van der Waals surface area contributed by atoms with Crippen LogP contribution in [0.5, 0.6) is 0 Å². The normalized spacial score (nSPS) is 23.4. The first-order chi connectivity index (χ1) is 5.24. The SMILES string of the molecule is CCCC(=O)C1CNC(=O)C1. The molecule has 11 heavy (non-hydrogen) atoms. The van der Waals surface area contributed by atoms with E-state index in [9.17, 15) is 9.59 Å². The molecule has 1 aliphatic rings. The molecule has 0 bridgehead atoms. The maximum Gasteiger partial charge on any atom is 0.220 e. The van der Waals surface area contributed by atoms with Crippen LogP contribution in [0.25, 0.3) is 0 Å². The number of hydrogen-bond donors (Lipinski definition) is 1. The number of rotatable bonds is 3. The van der Waals surface area contributed by atoms with E-state index in [0.717, 1.165) is 6.42 Å². The minimum Gasteiger partial charge on any atom is -0.355 e. The van der Waals surface area contributed by atoms with E-state index in [2.05, 4.69) is 5.32 Å². The number of amides is 1. The first-order valence-electron chi connectivity index (χ1n) is 4.03. The van der Waals surface area contributed by atoms with Gasteiger partial charge in [0.25, 0.3) is 0 Å². The van der Waals surface area contributed by atoms with E-state index in [0.29, 0.717) is 19.4 Å². The van der Waals surface area contributed by atoms with Gasteiger partial charge in [0, 0.05) is 25.3 Å². The van der Waals surface area contributed by atoms with Gasteiger partial charge in [0.15, 0.2) is 0 Å². The lowest BCUT2D eigenvalue weighted by Gasteiger charge is -2.02. The molecule has 0 aliphatic carbocycles. The van der Waals surface area contributed by atoms with Crippen molar-refractivity contribution in [2.24, 2.45) is 5.92 Å². The van der Waals surface area contributed by atoms with Crippen LogP contribution in [0.4, 0.5) is 0 Å². The Morgan fingerprint density at radius 3 is 2.91 bits per heavy atom. The van der Waals surface area contributed by atoms with Gasteiger partial charge in [-0.1, -0.05) is 6.92 Å². The van der Waals surface area contributed by atoms with Crippen molar-refractivity contribution in [1.29, 1.82) is 0 Å².